The highest BCUT2D eigenvalue weighted by atomic mass is 35.5. The van der Waals surface area contributed by atoms with Gasteiger partial charge in [0.15, 0.2) is 5.82 Å². The van der Waals surface area contributed by atoms with Crippen molar-refractivity contribution in [1.82, 2.24) is 19.9 Å². The first-order valence-corrected chi connectivity index (χ1v) is 8.76. The van der Waals surface area contributed by atoms with E-state index in [0.717, 1.165) is 54.4 Å². The number of aromatic nitrogens is 4. The molecule has 0 unspecified atom stereocenters. The van der Waals surface area contributed by atoms with Crippen LogP contribution in [0.25, 0.3) is 11.0 Å². The van der Waals surface area contributed by atoms with Crippen molar-refractivity contribution in [2.24, 2.45) is 0 Å². The highest BCUT2D eigenvalue weighted by Gasteiger charge is 2.22. The molecule has 0 atom stereocenters. The van der Waals surface area contributed by atoms with E-state index in [2.05, 4.69) is 35.5 Å². The summed E-state index contributed by atoms with van der Waals surface area (Å²) >= 11 is 6.18. The standard InChI is InChI=1S/C17H20ClN7/c1-19-16-15-14(3-7-21-15)23-17(24-16)25-8-4-11(5-9-25)22-13-2-6-20-10-12(13)18/h2-3,6-7,10-11,21H,4-5,8-9H2,1H3,(H,20,22)(H,19,23,24). The Morgan fingerprint density at radius 3 is 2.84 bits per heavy atom. The quantitative estimate of drug-likeness (QED) is 0.665. The van der Waals surface area contributed by atoms with E-state index in [1.165, 1.54) is 0 Å². The number of H-pyrrole nitrogens is 1. The molecule has 1 aliphatic rings. The van der Waals surface area contributed by atoms with E-state index < -0.39 is 0 Å². The largest absolute Gasteiger partial charge is 0.381 e. The molecular weight excluding hydrogens is 338 g/mol. The Balaban J connectivity index is 1.46. The molecule has 0 spiro atoms. The van der Waals surface area contributed by atoms with E-state index in [1.54, 1.807) is 12.4 Å². The number of anilines is 3. The van der Waals surface area contributed by atoms with Crippen molar-refractivity contribution in [3.8, 4) is 0 Å². The minimum absolute atomic E-state index is 0.385. The average molecular weight is 358 g/mol. The van der Waals surface area contributed by atoms with Crippen molar-refractivity contribution in [2.45, 2.75) is 18.9 Å². The molecule has 4 rings (SSSR count). The molecule has 25 heavy (non-hydrogen) atoms. The van der Waals surface area contributed by atoms with Gasteiger partial charge in [0.05, 0.1) is 16.2 Å². The van der Waals surface area contributed by atoms with Crippen molar-refractivity contribution < 1.29 is 0 Å². The fourth-order valence-corrected chi connectivity index (χ4v) is 3.36. The van der Waals surface area contributed by atoms with Gasteiger partial charge in [-0.15, -0.1) is 0 Å². The third kappa shape index (κ3) is 3.19. The maximum Gasteiger partial charge on any atom is 0.228 e. The molecule has 3 aromatic heterocycles. The van der Waals surface area contributed by atoms with Crippen LogP contribution < -0.4 is 15.5 Å². The van der Waals surface area contributed by atoms with E-state index in [0.29, 0.717) is 11.1 Å². The molecule has 0 radical (unpaired) electrons. The van der Waals surface area contributed by atoms with E-state index in [9.17, 15) is 0 Å². The Bertz CT molecular complexity index is 870. The molecule has 0 bridgehead atoms. The van der Waals surface area contributed by atoms with Gasteiger partial charge in [-0.05, 0) is 25.0 Å². The molecular formula is C17H20ClN7. The summed E-state index contributed by atoms with van der Waals surface area (Å²) in [4.78, 5) is 18.8. The van der Waals surface area contributed by atoms with Crippen LogP contribution in [-0.4, -0.2) is 46.1 Å². The SMILES string of the molecule is CNc1nc(N2CCC(Nc3ccncc3Cl)CC2)nc2cc[nH]c12. The van der Waals surface area contributed by atoms with Crippen LogP contribution in [0.15, 0.2) is 30.7 Å². The summed E-state index contributed by atoms with van der Waals surface area (Å²) in [6.45, 7) is 1.80. The van der Waals surface area contributed by atoms with Gasteiger partial charge in [0.2, 0.25) is 5.95 Å². The zero-order valence-corrected chi connectivity index (χ0v) is 14.7. The van der Waals surface area contributed by atoms with Gasteiger partial charge < -0.3 is 20.5 Å². The number of hydrogen-bond acceptors (Lipinski definition) is 6. The van der Waals surface area contributed by atoms with Gasteiger partial charge in [-0.3, -0.25) is 4.98 Å². The molecule has 0 aromatic carbocycles. The number of halogens is 1. The number of fused-ring (bicyclic) bond motifs is 1. The molecule has 0 amide bonds. The lowest BCUT2D eigenvalue weighted by Crippen LogP contribution is -2.40. The number of piperidine rings is 1. The average Bonchev–Trinajstić information content (AvgIpc) is 3.12. The number of rotatable bonds is 4. The summed E-state index contributed by atoms with van der Waals surface area (Å²) < 4.78 is 0. The smallest absolute Gasteiger partial charge is 0.228 e. The monoisotopic (exact) mass is 357 g/mol. The molecule has 1 fully saturated rings. The molecule has 4 heterocycles. The number of nitrogens with zero attached hydrogens (tertiary/aromatic N) is 4. The van der Waals surface area contributed by atoms with Crippen molar-refractivity contribution in [1.29, 1.82) is 0 Å². The van der Waals surface area contributed by atoms with Gasteiger partial charge in [-0.2, -0.15) is 4.98 Å². The summed E-state index contributed by atoms with van der Waals surface area (Å²) in [5.74, 6) is 1.60. The molecule has 1 aliphatic heterocycles. The Kier molecular flexibility index (Phi) is 4.31. The van der Waals surface area contributed by atoms with E-state index in [-0.39, 0.29) is 0 Å². The van der Waals surface area contributed by atoms with Gasteiger partial charge >= 0.3 is 0 Å². The summed E-state index contributed by atoms with van der Waals surface area (Å²) in [6, 6.07) is 4.27. The number of aromatic amines is 1. The minimum Gasteiger partial charge on any atom is -0.381 e. The maximum absolute atomic E-state index is 6.18. The lowest BCUT2D eigenvalue weighted by atomic mass is 10.1. The summed E-state index contributed by atoms with van der Waals surface area (Å²) in [5, 5.41) is 7.31. The second-order valence-electron chi connectivity index (χ2n) is 6.12. The first-order valence-electron chi connectivity index (χ1n) is 8.38. The molecule has 0 aliphatic carbocycles. The van der Waals surface area contributed by atoms with Crippen LogP contribution in [0.4, 0.5) is 17.5 Å². The first kappa shape index (κ1) is 16.0. The zero-order chi connectivity index (χ0) is 17.2. The van der Waals surface area contributed by atoms with Crippen molar-refractivity contribution >= 4 is 40.1 Å². The molecule has 1 saturated heterocycles. The lowest BCUT2D eigenvalue weighted by molar-refractivity contribution is 0.520. The Labute approximate surface area is 150 Å². The van der Waals surface area contributed by atoms with Crippen LogP contribution in [0.2, 0.25) is 5.02 Å². The predicted octanol–water partition coefficient (Wildman–Crippen LogP) is 3.13. The summed E-state index contributed by atoms with van der Waals surface area (Å²) in [5.41, 5.74) is 2.81. The first-order chi connectivity index (χ1) is 12.2. The van der Waals surface area contributed by atoms with Gasteiger partial charge in [0.1, 0.15) is 5.52 Å². The lowest BCUT2D eigenvalue weighted by Gasteiger charge is -2.33. The number of pyridine rings is 1. The minimum atomic E-state index is 0.385. The van der Waals surface area contributed by atoms with Crippen molar-refractivity contribution in [2.75, 3.05) is 35.7 Å². The second kappa shape index (κ2) is 6.76. The number of nitrogens with one attached hydrogen (secondary N) is 3. The van der Waals surface area contributed by atoms with Crippen LogP contribution in [0, 0.1) is 0 Å². The third-order valence-electron chi connectivity index (χ3n) is 4.54. The van der Waals surface area contributed by atoms with Crippen LogP contribution in [-0.2, 0) is 0 Å². The normalized spacial score (nSPS) is 15.5. The molecule has 0 saturated carbocycles. The van der Waals surface area contributed by atoms with Crippen LogP contribution in [0.3, 0.4) is 0 Å². The third-order valence-corrected chi connectivity index (χ3v) is 4.84. The van der Waals surface area contributed by atoms with Crippen LogP contribution in [0.1, 0.15) is 12.8 Å². The van der Waals surface area contributed by atoms with Crippen molar-refractivity contribution in [3.05, 3.63) is 35.7 Å². The fraction of sp³-hybridized carbons (Fsp3) is 0.353. The summed E-state index contributed by atoms with van der Waals surface area (Å²) in [7, 11) is 1.88. The summed E-state index contributed by atoms with van der Waals surface area (Å²) in [6.07, 6.45) is 7.31. The molecule has 8 heteroatoms. The second-order valence-corrected chi connectivity index (χ2v) is 6.53. The van der Waals surface area contributed by atoms with E-state index >= 15 is 0 Å². The van der Waals surface area contributed by atoms with Crippen LogP contribution in [0.5, 0.6) is 0 Å². The number of hydrogen-bond donors (Lipinski definition) is 3. The zero-order valence-electron chi connectivity index (χ0n) is 14.0. The van der Waals surface area contributed by atoms with Gasteiger partial charge in [0, 0.05) is 44.8 Å². The van der Waals surface area contributed by atoms with Crippen molar-refractivity contribution in [3.63, 3.8) is 0 Å². The molecule has 3 aromatic rings. The highest BCUT2D eigenvalue weighted by Crippen LogP contribution is 2.26. The Morgan fingerprint density at radius 2 is 2.08 bits per heavy atom. The van der Waals surface area contributed by atoms with E-state index in [1.807, 2.05) is 25.4 Å². The molecule has 7 nitrogen and oxygen atoms in total. The van der Waals surface area contributed by atoms with E-state index in [4.69, 9.17) is 11.6 Å². The highest BCUT2D eigenvalue weighted by molar-refractivity contribution is 6.33. The predicted molar refractivity (Wildman–Crippen MR) is 102 cm³/mol. The Hall–Kier alpha value is -2.54. The van der Waals surface area contributed by atoms with Gasteiger partial charge in [0.25, 0.3) is 0 Å². The van der Waals surface area contributed by atoms with Gasteiger partial charge in [-0.1, -0.05) is 11.6 Å². The topological polar surface area (TPSA) is 81.8 Å². The maximum atomic E-state index is 6.18. The van der Waals surface area contributed by atoms with Gasteiger partial charge in [-0.25, -0.2) is 4.98 Å². The molecule has 3 N–H and O–H groups in total. The Morgan fingerprint density at radius 1 is 1.24 bits per heavy atom. The molecule has 130 valence electrons. The fourth-order valence-electron chi connectivity index (χ4n) is 3.19. The van der Waals surface area contributed by atoms with Crippen LogP contribution >= 0.6 is 11.6 Å².